The monoisotopic (exact) mass is 483 g/mol. The van der Waals surface area contributed by atoms with Crippen molar-refractivity contribution in [1.82, 2.24) is 14.5 Å². The summed E-state index contributed by atoms with van der Waals surface area (Å²) in [6.07, 6.45) is 2.79. The van der Waals surface area contributed by atoms with Gasteiger partial charge in [-0.15, -0.1) is 0 Å². The first-order chi connectivity index (χ1) is 16.5. The van der Waals surface area contributed by atoms with Gasteiger partial charge in [-0.25, -0.2) is 28.4 Å². The fourth-order valence-corrected chi connectivity index (χ4v) is 3.78. The summed E-state index contributed by atoms with van der Waals surface area (Å²) >= 11 is 0.745. The topological polar surface area (TPSA) is 75.5 Å². The van der Waals surface area contributed by atoms with Crippen molar-refractivity contribution >= 4 is 34.6 Å². The molecule has 0 radical (unpaired) electrons. The SMILES string of the molecule is CCOC(=O)C=C(c1ccccc1)c1cc2cnc(SOOC)nc2n1-c1c(F)cccc1F. The van der Waals surface area contributed by atoms with E-state index in [2.05, 4.69) is 14.9 Å². The number of aromatic nitrogens is 3. The van der Waals surface area contributed by atoms with Crippen molar-refractivity contribution in [3.8, 4) is 5.69 Å². The van der Waals surface area contributed by atoms with E-state index >= 15 is 8.78 Å². The van der Waals surface area contributed by atoms with Gasteiger partial charge in [0.2, 0.25) is 5.16 Å². The van der Waals surface area contributed by atoms with Crippen LogP contribution in [0.5, 0.6) is 0 Å². The number of benzene rings is 2. The van der Waals surface area contributed by atoms with Crippen LogP contribution in [-0.2, 0) is 18.8 Å². The lowest BCUT2D eigenvalue weighted by Crippen LogP contribution is -2.08. The van der Waals surface area contributed by atoms with Crippen molar-refractivity contribution in [2.75, 3.05) is 13.7 Å². The summed E-state index contributed by atoms with van der Waals surface area (Å²) in [7, 11) is 1.33. The van der Waals surface area contributed by atoms with Gasteiger partial charge < -0.3 is 4.74 Å². The average molecular weight is 483 g/mol. The quantitative estimate of drug-likeness (QED) is 0.0843. The van der Waals surface area contributed by atoms with Gasteiger partial charge in [0.1, 0.15) is 35.0 Å². The first kappa shape index (κ1) is 23.6. The second-order valence-electron chi connectivity index (χ2n) is 6.86. The van der Waals surface area contributed by atoms with Crippen LogP contribution in [0.2, 0.25) is 0 Å². The Labute approximate surface area is 198 Å². The molecule has 0 saturated heterocycles. The minimum Gasteiger partial charge on any atom is -0.463 e. The van der Waals surface area contributed by atoms with E-state index < -0.39 is 17.6 Å². The molecule has 0 unspecified atom stereocenters. The smallest absolute Gasteiger partial charge is 0.331 e. The number of carbonyl (C=O) groups is 1. The Hall–Kier alpha value is -3.60. The highest BCUT2D eigenvalue weighted by molar-refractivity contribution is 7.94. The number of hydrogen-bond donors (Lipinski definition) is 0. The van der Waals surface area contributed by atoms with Crippen molar-refractivity contribution < 1.29 is 27.5 Å². The first-order valence-corrected chi connectivity index (χ1v) is 10.9. The second kappa shape index (κ2) is 10.6. The van der Waals surface area contributed by atoms with Crippen LogP contribution in [0.3, 0.4) is 0 Å². The molecule has 0 saturated carbocycles. The Morgan fingerprint density at radius 3 is 2.53 bits per heavy atom. The minimum atomic E-state index is -0.803. The highest BCUT2D eigenvalue weighted by atomic mass is 32.2. The van der Waals surface area contributed by atoms with Gasteiger partial charge in [-0.05, 0) is 30.7 Å². The molecule has 10 heteroatoms. The fraction of sp³-hybridized carbons (Fsp3) is 0.125. The summed E-state index contributed by atoms with van der Waals surface area (Å²) < 4.78 is 41.3. The Morgan fingerprint density at radius 2 is 1.85 bits per heavy atom. The number of ether oxygens (including phenoxy) is 1. The first-order valence-electron chi connectivity index (χ1n) is 10.2. The Bertz CT molecular complexity index is 1340. The molecule has 2 heterocycles. The van der Waals surface area contributed by atoms with Crippen LogP contribution in [0.25, 0.3) is 22.3 Å². The van der Waals surface area contributed by atoms with Crippen LogP contribution in [0.15, 0.2) is 72.0 Å². The Balaban J connectivity index is 2.05. The van der Waals surface area contributed by atoms with Crippen LogP contribution >= 0.6 is 12.0 Å². The van der Waals surface area contributed by atoms with Crippen LogP contribution in [-0.4, -0.2) is 34.2 Å². The molecular weight excluding hydrogens is 464 g/mol. The number of para-hydroxylation sites is 1. The lowest BCUT2D eigenvalue weighted by Gasteiger charge is -2.15. The molecule has 0 aliphatic carbocycles. The number of rotatable bonds is 8. The molecule has 0 atom stereocenters. The maximum absolute atomic E-state index is 15.0. The highest BCUT2D eigenvalue weighted by Gasteiger charge is 2.23. The largest absolute Gasteiger partial charge is 0.463 e. The van der Waals surface area contributed by atoms with Crippen LogP contribution < -0.4 is 0 Å². The molecule has 0 fully saturated rings. The van der Waals surface area contributed by atoms with Crippen molar-refractivity contribution in [3.05, 3.63) is 89.8 Å². The average Bonchev–Trinajstić information content (AvgIpc) is 3.20. The van der Waals surface area contributed by atoms with Gasteiger partial charge in [-0.1, -0.05) is 36.4 Å². The lowest BCUT2D eigenvalue weighted by molar-refractivity contribution is -0.160. The molecule has 174 valence electrons. The molecule has 2 aromatic heterocycles. The summed E-state index contributed by atoms with van der Waals surface area (Å²) in [6.45, 7) is 1.87. The molecule has 0 aliphatic heterocycles. The number of halogens is 2. The predicted molar refractivity (Wildman–Crippen MR) is 123 cm³/mol. The minimum absolute atomic E-state index is 0.160. The summed E-state index contributed by atoms with van der Waals surface area (Å²) in [5.41, 5.74) is 1.22. The molecule has 0 aliphatic rings. The third-order valence-electron chi connectivity index (χ3n) is 4.77. The van der Waals surface area contributed by atoms with E-state index in [9.17, 15) is 4.79 Å². The molecule has 0 amide bonds. The third-order valence-corrected chi connectivity index (χ3v) is 5.32. The highest BCUT2D eigenvalue weighted by Crippen LogP contribution is 2.34. The van der Waals surface area contributed by atoms with Crippen LogP contribution in [0.1, 0.15) is 18.2 Å². The number of esters is 1. The standard InChI is InChI=1S/C24H19F2N3O4S/c1-3-32-21(30)13-17(15-8-5-4-6-9-15)20-12-16-14-27-24(34-33-31-2)28-23(16)29(20)22-18(25)10-7-11-19(22)26/h4-14H,3H2,1-2H3. The molecule has 4 aromatic rings. The van der Waals surface area contributed by atoms with Gasteiger partial charge in [0.25, 0.3) is 0 Å². The maximum Gasteiger partial charge on any atom is 0.331 e. The van der Waals surface area contributed by atoms with E-state index in [0.717, 1.165) is 24.2 Å². The number of carbonyl (C=O) groups excluding carboxylic acids is 1. The molecule has 2 aromatic carbocycles. The zero-order chi connectivity index (χ0) is 24.1. The van der Waals surface area contributed by atoms with E-state index in [1.54, 1.807) is 37.3 Å². The third kappa shape index (κ3) is 4.84. The normalized spacial score (nSPS) is 11.7. The second-order valence-corrected chi connectivity index (χ2v) is 7.53. The van der Waals surface area contributed by atoms with Gasteiger partial charge in [0.05, 0.1) is 19.4 Å². The fourth-order valence-electron chi connectivity index (χ4n) is 3.43. The summed E-state index contributed by atoms with van der Waals surface area (Å²) in [5.74, 6) is -2.20. The Morgan fingerprint density at radius 1 is 1.12 bits per heavy atom. The summed E-state index contributed by atoms with van der Waals surface area (Å²) in [4.78, 5) is 25.6. The molecular formula is C24H19F2N3O4S. The summed E-state index contributed by atoms with van der Waals surface area (Å²) in [6, 6.07) is 14.2. The van der Waals surface area contributed by atoms with Crippen LogP contribution in [0, 0.1) is 11.6 Å². The molecule has 4 rings (SSSR count). The maximum atomic E-state index is 15.0. The van der Waals surface area contributed by atoms with E-state index in [1.165, 1.54) is 30.0 Å². The van der Waals surface area contributed by atoms with Crippen molar-refractivity contribution in [2.24, 2.45) is 0 Å². The van der Waals surface area contributed by atoms with Gasteiger partial charge in [-0.3, -0.25) is 4.57 Å². The zero-order valence-electron chi connectivity index (χ0n) is 18.2. The molecule has 34 heavy (non-hydrogen) atoms. The van der Waals surface area contributed by atoms with Crippen molar-refractivity contribution in [3.63, 3.8) is 0 Å². The van der Waals surface area contributed by atoms with Gasteiger partial charge in [-0.2, -0.15) is 4.33 Å². The van der Waals surface area contributed by atoms with Crippen molar-refractivity contribution in [1.29, 1.82) is 0 Å². The lowest BCUT2D eigenvalue weighted by atomic mass is 10.0. The zero-order valence-corrected chi connectivity index (χ0v) is 19.0. The number of fused-ring (bicyclic) bond motifs is 1. The predicted octanol–water partition coefficient (Wildman–Crippen LogP) is 5.28. The van der Waals surface area contributed by atoms with E-state index in [0.29, 0.717) is 22.2 Å². The molecule has 0 bridgehead atoms. The summed E-state index contributed by atoms with van der Waals surface area (Å²) in [5, 5.41) is 0.651. The van der Waals surface area contributed by atoms with Crippen molar-refractivity contribution in [2.45, 2.75) is 12.1 Å². The van der Waals surface area contributed by atoms with E-state index in [1.807, 2.05) is 6.07 Å². The molecule has 0 N–H and O–H groups in total. The molecule has 0 spiro atoms. The van der Waals surface area contributed by atoms with Crippen LogP contribution in [0.4, 0.5) is 8.78 Å². The van der Waals surface area contributed by atoms with E-state index in [4.69, 9.17) is 9.07 Å². The van der Waals surface area contributed by atoms with Gasteiger partial charge in [0.15, 0.2) is 0 Å². The Kier molecular flexibility index (Phi) is 7.31. The number of hydrogen-bond acceptors (Lipinski definition) is 7. The number of nitrogens with zero attached hydrogens (tertiary/aromatic N) is 3. The molecule has 7 nitrogen and oxygen atoms in total. The van der Waals surface area contributed by atoms with Gasteiger partial charge in [0, 0.05) is 23.2 Å². The van der Waals surface area contributed by atoms with Gasteiger partial charge >= 0.3 is 5.97 Å². The van der Waals surface area contributed by atoms with E-state index in [-0.39, 0.29) is 23.1 Å².